The molecule has 1 saturated carbocycles. The van der Waals surface area contributed by atoms with Gasteiger partial charge in [0, 0.05) is 13.1 Å². The smallest absolute Gasteiger partial charge is 0.246 e. The fourth-order valence-corrected chi connectivity index (χ4v) is 1.46. The SMILES string of the molecule is CC1(C)CC1CNC(=O)COCCN. The summed E-state index contributed by atoms with van der Waals surface area (Å²) in [4.78, 5) is 11.2. The molecule has 4 heteroatoms. The van der Waals surface area contributed by atoms with Crippen LogP contribution in [0.2, 0.25) is 0 Å². The summed E-state index contributed by atoms with van der Waals surface area (Å²) in [7, 11) is 0. The van der Waals surface area contributed by atoms with E-state index in [0.717, 1.165) is 6.54 Å². The molecule has 3 N–H and O–H groups in total. The van der Waals surface area contributed by atoms with Gasteiger partial charge in [-0.05, 0) is 17.8 Å². The van der Waals surface area contributed by atoms with Gasteiger partial charge in [-0.15, -0.1) is 0 Å². The van der Waals surface area contributed by atoms with Crippen molar-refractivity contribution in [3.8, 4) is 0 Å². The first-order chi connectivity index (χ1) is 6.56. The maximum absolute atomic E-state index is 11.2. The van der Waals surface area contributed by atoms with Crippen LogP contribution < -0.4 is 11.1 Å². The minimum absolute atomic E-state index is 0.0406. The van der Waals surface area contributed by atoms with Crippen molar-refractivity contribution >= 4 is 5.91 Å². The van der Waals surface area contributed by atoms with E-state index in [4.69, 9.17) is 10.5 Å². The van der Waals surface area contributed by atoms with Gasteiger partial charge in [0.15, 0.2) is 0 Å². The molecule has 14 heavy (non-hydrogen) atoms. The average Bonchev–Trinajstić information content (AvgIpc) is 2.71. The summed E-state index contributed by atoms with van der Waals surface area (Å²) in [5.41, 5.74) is 5.65. The highest BCUT2D eigenvalue weighted by Gasteiger charge is 2.45. The third kappa shape index (κ3) is 3.64. The van der Waals surface area contributed by atoms with Gasteiger partial charge in [-0.3, -0.25) is 4.79 Å². The lowest BCUT2D eigenvalue weighted by Gasteiger charge is -2.06. The Bertz CT molecular complexity index is 204. The minimum atomic E-state index is -0.0406. The largest absolute Gasteiger partial charge is 0.370 e. The van der Waals surface area contributed by atoms with Gasteiger partial charge in [0.25, 0.3) is 0 Å². The van der Waals surface area contributed by atoms with Gasteiger partial charge in [-0.2, -0.15) is 0 Å². The maximum atomic E-state index is 11.2. The van der Waals surface area contributed by atoms with Crippen LogP contribution >= 0.6 is 0 Å². The van der Waals surface area contributed by atoms with Gasteiger partial charge in [0.2, 0.25) is 5.91 Å². The highest BCUT2D eigenvalue weighted by atomic mass is 16.5. The number of rotatable bonds is 6. The second-order valence-electron chi connectivity index (χ2n) is 4.53. The number of carbonyl (C=O) groups is 1. The first-order valence-corrected chi connectivity index (χ1v) is 5.11. The van der Waals surface area contributed by atoms with Crippen LogP contribution in [-0.4, -0.2) is 32.2 Å². The molecule has 1 fully saturated rings. The van der Waals surface area contributed by atoms with Gasteiger partial charge in [-0.25, -0.2) is 0 Å². The Hall–Kier alpha value is -0.610. The molecule has 4 nitrogen and oxygen atoms in total. The molecule has 0 aromatic rings. The predicted octanol–water partition coefficient (Wildman–Crippen LogP) is 0.124. The van der Waals surface area contributed by atoms with Crippen molar-refractivity contribution in [2.45, 2.75) is 20.3 Å². The molecular formula is C10H20N2O2. The van der Waals surface area contributed by atoms with E-state index < -0.39 is 0 Å². The molecule has 0 radical (unpaired) electrons. The van der Waals surface area contributed by atoms with Crippen molar-refractivity contribution in [3.05, 3.63) is 0 Å². The van der Waals surface area contributed by atoms with Crippen LogP contribution in [-0.2, 0) is 9.53 Å². The Morgan fingerprint density at radius 1 is 1.64 bits per heavy atom. The zero-order valence-electron chi connectivity index (χ0n) is 9.01. The number of nitrogens with one attached hydrogen (secondary N) is 1. The molecule has 82 valence electrons. The molecule has 1 amide bonds. The van der Waals surface area contributed by atoms with E-state index in [9.17, 15) is 4.79 Å². The minimum Gasteiger partial charge on any atom is -0.370 e. The zero-order chi connectivity index (χ0) is 10.6. The fourth-order valence-electron chi connectivity index (χ4n) is 1.46. The summed E-state index contributed by atoms with van der Waals surface area (Å²) in [6.45, 7) is 6.25. The molecular weight excluding hydrogens is 180 g/mol. The van der Waals surface area contributed by atoms with Gasteiger partial charge < -0.3 is 15.8 Å². The van der Waals surface area contributed by atoms with Crippen LogP contribution in [0, 0.1) is 11.3 Å². The van der Waals surface area contributed by atoms with Gasteiger partial charge >= 0.3 is 0 Å². The van der Waals surface area contributed by atoms with Crippen LogP contribution in [0.4, 0.5) is 0 Å². The highest BCUT2D eigenvalue weighted by molar-refractivity contribution is 5.77. The monoisotopic (exact) mass is 200 g/mol. The summed E-state index contributed by atoms with van der Waals surface area (Å²) in [6.07, 6.45) is 1.21. The first kappa shape index (κ1) is 11.5. The second kappa shape index (κ2) is 4.75. The van der Waals surface area contributed by atoms with Crippen molar-refractivity contribution in [3.63, 3.8) is 0 Å². The van der Waals surface area contributed by atoms with Crippen molar-refractivity contribution in [1.29, 1.82) is 0 Å². The normalized spacial score (nSPS) is 23.2. The molecule has 1 rings (SSSR count). The summed E-state index contributed by atoms with van der Waals surface area (Å²) in [5.74, 6) is 0.599. The lowest BCUT2D eigenvalue weighted by atomic mass is 10.1. The van der Waals surface area contributed by atoms with Crippen LogP contribution in [0.3, 0.4) is 0 Å². The molecule has 1 aliphatic rings. The van der Waals surface area contributed by atoms with Crippen LogP contribution in [0.25, 0.3) is 0 Å². The Labute approximate surface area is 85.2 Å². The summed E-state index contributed by atoms with van der Waals surface area (Å²) >= 11 is 0. The molecule has 1 atom stereocenters. The lowest BCUT2D eigenvalue weighted by molar-refractivity contribution is -0.125. The number of carbonyl (C=O) groups excluding carboxylic acids is 1. The number of nitrogens with two attached hydrogens (primary N) is 1. The quantitative estimate of drug-likeness (QED) is 0.599. The van der Waals surface area contributed by atoms with E-state index in [1.165, 1.54) is 6.42 Å². The van der Waals surface area contributed by atoms with E-state index >= 15 is 0 Å². The van der Waals surface area contributed by atoms with E-state index in [-0.39, 0.29) is 12.5 Å². The van der Waals surface area contributed by atoms with Crippen LogP contribution in [0.5, 0.6) is 0 Å². The van der Waals surface area contributed by atoms with E-state index in [0.29, 0.717) is 24.5 Å². The van der Waals surface area contributed by atoms with Gasteiger partial charge in [0.1, 0.15) is 6.61 Å². The Kier molecular flexibility index (Phi) is 3.89. The first-order valence-electron chi connectivity index (χ1n) is 5.11. The lowest BCUT2D eigenvalue weighted by Crippen LogP contribution is -2.30. The Morgan fingerprint density at radius 3 is 2.79 bits per heavy atom. The predicted molar refractivity (Wildman–Crippen MR) is 54.8 cm³/mol. The number of hydrogen-bond acceptors (Lipinski definition) is 3. The van der Waals surface area contributed by atoms with Gasteiger partial charge in [-0.1, -0.05) is 13.8 Å². The molecule has 0 aliphatic heterocycles. The van der Waals surface area contributed by atoms with Crippen molar-refractivity contribution in [1.82, 2.24) is 5.32 Å². The maximum Gasteiger partial charge on any atom is 0.246 e. The number of hydrogen-bond donors (Lipinski definition) is 2. The second-order valence-corrected chi connectivity index (χ2v) is 4.53. The van der Waals surface area contributed by atoms with Crippen LogP contribution in [0.1, 0.15) is 20.3 Å². The van der Waals surface area contributed by atoms with Crippen molar-refractivity contribution in [2.24, 2.45) is 17.1 Å². The summed E-state index contributed by atoms with van der Waals surface area (Å²) in [6, 6.07) is 0. The molecule has 0 bridgehead atoms. The summed E-state index contributed by atoms with van der Waals surface area (Å²) in [5, 5.41) is 2.85. The Morgan fingerprint density at radius 2 is 2.29 bits per heavy atom. The molecule has 0 aromatic heterocycles. The average molecular weight is 200 g/mol. The molecule has 1 unspecified atom stereocenters. The van der Waals surface area contributed by atoms with E-state index in [1.54, 1.807) is 0 Å². The number of amides is 1. The van der Waals surface area contributed by atoms with E-state index in [1.807, 2.05) is 0 Å². The Balaban J connectivity index is 1.99. The third-order valence-corrected chi connectivity index (χ3v) is 2.76. The van der Waals surface area contributed by atoms with Gasteiger partial charge in [0.05, 0.1) is 6.61 Å². The molecule has 1 aliphatic carbocycles. The molecule has 0 saturated heterocycles. The zero-order valence-corrected chi connectivity index (χ0v) is 9.01. The summed E-state index contributed by atoms with van der Waals surface area (Å²) < 4.78 is 5.01. The third-order valence-electron chi connectivity index (χ3n) is 2.76. The van der Waals surface area contributed by atoms with Crippen molar-refractivity contribution < 1.29 is 9.53 Å². The molecule has 0 spiro atoms. The van der Waals surface area contributed by atoms with Crippen molar-refractivity contribution in [2.75, 3.05) is 26.3 Å². The number of ether oxygens (including phenoxy) is 1. The van der Waals surface area contributed by atoms with E-state index in [2.05, 4.69) is 19.2 Å². The van der Waals surface area contributed by atoms with Crippen LogP contribution in [0.15, 0.2) is 0 Å². The molecule has 0 heterocycles. The highest BCUT2D eigenvalue weighted by Crippen LogP contribution is 2.50. The standard InChI is InChI=1S/C10H20N2O2/c1-10(2)5-8(10)6-12-9(13)7-14-4-3-11/h8H,3-7,11H2,1-2H3,(H,12,13). The fraction of sp³-hybridized carbons (Fsp3) is 0.900. The topological polar surface area (TPSA) is 64.3 Å². The molecule has 0 aromatic carbocycles.